The van der Waals surface area contributed by atoms with Crippen molar-refractivity contribution in [2.24, 2.45) is 5.73 Å². The second-order valence-corrected chi connectivity index (χ2v) is 4.55. The van der Waals surface area contributed by atoms with Crippen LogP contribution in [0.3, 0.4) is 0 Å². The van der Waals surface area contributed by atoms with Gasteiger partial charge in [0.05, 0.1) is 11.0 Å². The van der Waals surface area contributed by atoms with Crippen molar-refractivity contribution in [3.8, 4) is 0 Å². The van der Waals surface area contributed by atoms with E-state index in [1.807, 2.05) is 0 Å². The highest BCUT2D eigenvalue weighted by Gasteiger charge is 2.20. The van der Waals surface area contributed by atoms with Crippen LogP contribution in [0.4, 0.5) is 11.4 Å². The summed E-state index contributed by atoms with van der Waals surface area (Å²) in [4.78, 5) is 33.5. The number of benzene rings is 1. The minimum Gasteiger partial charge on any atom is -0.343 e. The second-order valence-electron chi connectivity index (χ2n) is 4.55. The Morgan fingerprint density at radius 1 is 1.29 bits per heavy atom. The van der Waals surface area contributed by atoms with Gasteiger partial charge in [-0.05, 0) is 25.5 Å². The number of nitro benzene ring substituents is 1. The van der Waals surface area contributed by atoms with E-state index in [2.05, 4.69) is 10.6 Å². The maximum atomic E-state index is 12.0. The maximum absolute atomic E-state index is 12.0. The fourth-order valence-electron chi connectivity index (χ4n) is 1.55. The molecule has 0 saturated heterocycles. The predicted octanol–water partition coefficient (Wildman–Crippen LogP) is 0.775. The molecule has 0 aliphatic heterocycles. The molecule has 0 unspecified atom stereocenters. The van der Waals surface area contributed by atoms with Gasteiger partial charge in [0.15, 0.2) is 0 Å². The van der Waals surface area contributed by atoms with E-state index in [-0.39, 0.29) is 5.69 Å². The van der Waals surface area contributed by atoms with Crippen molar-refractivity contribution in [3.63, 3.8) is 0 Å². The van der Waals surface area contributed by atoms with Crippen molar-refractivity contribution < 1.29 is 14.5 Å². The molecule has 0 heterocycles. The van der Waals surface area contributed by atoms with Crippen molar-refractivity contribution in [2.75, 3.05) is 5.32 Å². The van der Waals surface area contributed by atoms with Gasteiger partial charge in [-0.25, -0.2) is 0 Å². The molecule has 8 heteroatoms. The molecule has 0 bridgehead atoms. The molecule has 2 amide bonds. The highest BCUT2D eigenvalue weighted by atomic mass is 16.6. The van der Waals surface area contributed by atoms with Crippen LogP contribution in [0, 0.1) is 10.1 Å². The van der Waals surface area contributed by atoms with Crippen LogP contribution >= 0.6 is 0 Å². The van der Waals surface area contributed by atoms with Crippen molar-refractivity contribution >= 4 is 23.2 Å². The number of carbonyl (C=O) groups is 2. The van der Waals surface area contributed by atoms with E-state index >= 15 is 0 Å². The van der Waals surface area contributed by atoms with Crippen LogP contribution in [0.2, 0.25) is 0 Å². The van der Waals surface area contributed by atoms with Crippen molar-refractivity contribution in [3.05, 3.63) is 34.4 Å². The minimum absolute atomic E-state index is 0.0645. The zero-order chi connectivity index (χ0) is 16.0. The smallest absolute Gasteiger partial charge is 0.269 e. The first kappa shape index (κ1) is 16.6. The summed E-state index contributed by atoms with van der Waals surface area (Å²) in [5, 5.41) is 15.7. The summed E-state index contributed by atoms with van der Waals surface area (Å²) >= 11 is 0. The summed E-state index contributed by atoms with van der Waals surface area (Å²) in [5.41, 5.74) is 5.78. The van der Waals surface area contributed by atoms with E-state index in [0.29, 0.717) is 12.1 Å². The minimum atomic E-state index is -0.710. The van der Waals surface area contributed by atoms with E-state index in [1.165, 1.54) is 31.2 Å². The van der Waals surface area contributed by atoms with Crippen LogP contribution in [-0.2, 0) is 9.59 Å². The van der Waals surface area contributed by atoms with Crippen molar-refractivity contribution in [2.45, 2.75) is 32.4 Å². The van der Waals surface area contributed by atoms with E-state index in [0.717, 1.165) is 0 Å². The van der Waals surface area contributed by atoms with Gasteiger partial charge >= 0.3 is 0 Å². The largest absolute Gasteiger partial charge is 0.343 e. The zero-order valence-corrected chi connectivity index (χ0v) is 11.8. The van der Waals surface area contributed by atoms with E-state index in [9.17, 15) is 19.7 Å². The van der Waals surface area contributed by atoms with Gasteiger partial charge in [-0.3, -0.25) is 19.7 Å². The molecule has 8 nitrogen and oxygen atoms in total. The highest BCUT2D eigenvalue weighted by molar-refractivity contribution is 5.97. The molecule has 1 aromatic carbocycles. The lowest BCUT2D eigenvalue weighted by Gasteiger charge is -2.18. The van der Waals surface area contributed by atoms with E-state index in [1.54, 1.807) is 6.92 Å². The Balaban J connectivity index is 2.69. The third kappa shape index (κ3) is 4.84. The van der Waals surface area contributed by atoms with Crippen LogP contribution in [0.5, 0.6) is 0 Å². The molecule has 0 aliphatic carbocycles. The first-order valence-electron chi connectivity index (χ1n) is 6.46. The molecule has 21 heavy (non-hydrogen) atoms. The summed E-state index contributed by atoms with van der Waals surface area (Å²) in [6, 6.07) is 4.02. The van der Waals surface area contributed by atoms with Crippen LogP contribution in [0.25, 0.3) is 0 Å². The lowest BCUT2D eigenvalue weighted by atomic mass is 10.2. The summed E-state index contributed by atoms with van der Waals surface area (Å²) in [6.07, 6.45) is 0.400. The molecule has 1 rings (SSSR count). The Bertz CT molecular complexity index is 527. The van der Waals surface area contributed by atoms with Gasteiger partial charge in [-0.15, -0.1) is 0 Å². The summed E-state index contributed by atoms with van der Waals surface area (Å²) in [7, 11) is 0. The Kier molecular flexibility index (Phi) is 5.79. The van der Waals surface area contributed by atoms with Gasteiger partial charge in [0.2, 0.25) is 11.8 Å². The fraction of sp³-hybridized carbons (Fsp3) is 0.385. The van der Waals surface area contributed by atoms with Gasteiger partial charge < -0.3 is 16.4 Å². The van der Waals surface area contributed by atoms with Crippen LogP contribution in [-0.4, -0.2) is 28.8 Å². The molecule has 4 N–H and O–H groups in total. The summed E-state index contributed by atoms with van der Waals surface area (Å²) in [6.45, 7) is 3.28. The van der Waals surface area contributed by atoms with E-state index < -0.39 is 28.8 Å². The van der Waals surface area contributed by atoms with Gasteiger partial charge in [0.1, 0.15) is 6.04 Å². The number of nitro groups is 1. The third-order valence-corrected chi connectivity index (χ3v) is 2.80. The predicted molar refractivity (Wildman–Crippen MR) is 77.6 cm³/mol. The number of non-ortho nitro benzene ring substituents is 1. The number of nitrogens with zero attached hydrogens (tertiary/aromatic N) is 1. The summed E-state index contributed by atoms with van der Waals surface area (Å²) in [5.74, 6) is -0.818. The van der Waals surface area contributed by atoms with Crippen molar-refractivity contribution in [1.82, 2.24) is 5.32 Å². The number of carbonyl (C=O) groups excluding carboxylic acids is 2. The quantitative estimate of drug-likeness (QED) is 0.527. The number of hydrogen-bond acceptors (Lipinski definition) is 5. The maximum Gasteiger partial charge on any atom is 0.269 e. The molecule has 0 radical (unpaired) electrons. The van der Waals surface area contributed by atoms with Crippen molar-refractivity contribution in [1.29, 1.82) is 0 Å². The Morgan fingerprint density at radius 3 is 2.29 bits per heavy atom. The topological polar surface area (TPSA) is 127 Å². The Labute approximate surface area is 121 Å². The molecule has 2 atom stereocenters. The monoisotopic (exact) mass is 294 g/mol. The van der Waals surface area contributed by atoms with E-state index in [4.69, 9.17) is 5.73 Å². The molecule has 0 aromatic heterocycles. The first-order chi connectivity index (χ1) is 9.85. The average molecular weight is 294 g/mol. The first-order valence-corrected chi connectivity index (χ1v) is 6.46. The summed E-state index contributed by atoms with van der Waals surface area (Å²) < 4.78 is 0. The number of amides is 2. The number of rotatable bonds is 6. The van der Waals surface area contributed by atoms with Gasteiger partial charge in [-0.2, -0.15) is 0 Å². The number of nitrogens with two attached hydrogens (primary N) is 1. The lowest BCUT2D eigenvalue weighted by Crippen LogP contribution is -2.48. The molecule has 114 valence electrons. The van der Waals surface area contributed by atoms with Crippen LogP contribution < -0.4 is 16.4 Å². The molecule has 0 fully saturated rings. The molecular formula is C13H18N4O4. The molecule has 0 aliphatic rings. The lowest BCUT2D eigenvalue weighted by molar-refractivity contribution is -0.384. The zero-order valence-electron chi connectivity index (χ0n) is 11.8. The number of nitrogens with one attached hydrogen (secondary N) is 2. The average Bonchev–Trinajstić information content (AvgIpc) is 2.44. The van der Waals surface area contributed by atoms with Gasteiger partial charge in [0.25, 0.3) is 5.69 Å². The van der Waals surface area contributed by atoms with Gasteiger partial charge in [0, 0.05) is 17.8 Å². The Morgan fingerprint density at radius 2 is 1.86 bits per heavy atom. The molecule has 1 aromatic rings. The standard InChI is InChI=1S/C13H18N4O4/c1-3-11(16-12(18)8(2)14)13(19)15-9-4-6-10(7-5-9)17(20)21/h4-8,11H,3,14H2,1-2H3,(H,15,19)(H,16,18)/t8-,11-/m0/s1. The van der Waals surface area contributed by atoms with Crippen LogP contribution in [0.15, 0.2) is 24.3 Å². The fourth-order valence-corrected chi connectivity index (χ4v) is 1.55. The normalized spacial score (nSPS) is 13.1. The Hall–Kier alpha value is -2.48. The van der Waals surface area contributed by atoms with Gasteiger partial charge in [-0.1, -0.05) is 6.92 Å². The molecule has 0 saturated carbocycles. The number of hydrogen-bond donors (Lipinski definition) is 3. The highest BCUT2D eigenvalue weighted by Crippen LogP contribution is 2.15. The third-order valence-electron chi connectivity index (χ3n) is 2.80. The van der Waals surface area contributed by atoms with Crippen LogP contribution in [0.1, 0.15) is 20.3 Å². The second kappa shape index (κ2) is 7.34. The molecular weight excluding hydrogens is 276 g/mol. The SMILES string of the molecule is CC[C@H](NC(=O)[C@H](C)N)C(=O)Nc1ccc([N+](=O)[O-])cc1. The number of anilines is 1. The molecule has 0 spiro atoms.